The minimum Gasteiger partial charge on any atom is -0.496 e. The zero-order valence-electron chi connectivity index (χ0n) is 10.4. The number of rotatable bonds is 5. The number of aryl methyl sites for hydroxylation is 1. The van der Waals surface area contributed by atoms with Crippen LogP contribution in [0.4, 0.5) is 0 Å². The van der Waals surface area contributed by atoms with Crippen LogP contribution in [-0.4, -0.2) is 7.11 Å². The summed E-state index contributed by atoms with van der Waals surface area (Å²) >= 11 is 1.77. The molecule has 1 aromatic heterocycles. The van der Waals surface area contributed by atoms with Crippen molar-refractivity contribution in [3.05, 3.63) is 41.3 Å². The molecule has 0 unspecified atom stereocenters. The molecule has 0 saturated carbocycles. The van der Waals surface area contributed by atoms with E-state index in [-0.39, 0.29) is 0 Å². The van der Waals surface area contributed by atoms with Crippen LogP contribution in [0.1, 0.15) is 25.3 Å². The third-order valence-electron chi connectivity index (χ3n) is 2.90. The lowest BCUT2D eigenvalue weighted by Gasteiger charge is -2.12. The molecule has 0 spiro atoms. The second kappa shape index (κ2) is 5.87. The van der Waals surface area contributed by atoms with E-state index in [0.717, 1.165) is 12.2 Å². The van der Waals surface area contributed by atoms with E-state index in [9.17, 15) is 0 Å². The van der Waals surface area contributed by atoms with Crippen molar-refractivity contribution in [1.29, 1.82) is 0 Å². The first-order valence-corrected chi connectivity index (χ1v) is 6.94. The van der Waals surface area contributed by atoms with E-state index in [1.807, 2.05) is 6.07 Å². The first kappa shape index (κ1) is 12.2. The molecule has 2 aromatic rings. The van der Waals surface area contributed by atoms with Crippen LogP contribution in [0.25, 0.3) is 10.4 Å². The fourth-order valence-electron chi connectivity index (χ4n) is 2.02. The highest BCUT2D eigenvalue weighted by molar-refractivity contribution is 7.13. The van der Waals surface area contributed by atoms with Crippen molar-refractivity contribution in [3.8, 4) is 16.2 Å². The Hall–Kier alpha value is -1.28. The smallest absolute Gasteiger partial charge is 0.127 e. The second-order valence-corrected chi connectivity index (χ2v) is 5.02. The minimum absolute atomic E-state index is 0.987. The van der Waals surface area contributed by atoms with Crippen molar-refractivity contribution in [1.82, 2.24) is 0 Å². The summed E-state index contributed by atoms with van der Waals surface area (Å²) in [6, 6.07) is 10.6. The molecule has 0 aliphatic carbocycles. The molecule has 0 fully saturated rings. The van der Waals surface area contributed by atoms with E-state index in [2.05, 4.69) is 36.6 Å². The van der Waals surface area contributed by atoms with Crippen LogP contribution >= 0.6 is 11.3 Å². The molecule has 0 bridgehead atoms. The lowest BCUT2D eigenvalue weighted by atomic mass is 10.00. The SMILES string of the molecule is CCCCc1cccc(OC)c1-c1cccs1. The van der Waals surface area contributed by atoms with Crippen molar-refractivity contribution >= 4 is 11.3 Å². The van der Waals surface area contributed by atoms with Gasteiger partial charge in [0.25, 0.3) is 0 Å². The van der Waals surface area contributed by atoms with E-state index < -0.39 is 0 Å². The number of thiophene rings is 1. The molecule has 2 rings (SSSR count). The summed E-state index contributed by atoms with van der Waals surface area (Å²) in [7, 11) is 1.75. The molecule has 1 nitrogen and oxygen atoms in total. The van der Waals surface area contributed by atoms with E-state index >= 15 is 0 Å². The lowest BCUT2D eigenvalue weighted by molar-refractivity contribution is 0.416. The third kappa shape index (κ3) is 2.70. The van der Waals surface area contributed by atoms with Gasteiger partial charge in [0.15, 0.2) is 0 Å². The van der Waals surface area contributed by atoms with Gasteiger partial charge in [-0.3, -0.25) is 0 Å². The molecule has 1 heterocycles. The van der Waals surface area contributed by atoms with Gasteiger partial charge in [-0.25, -0.2) is 0 Å². The van der Waals surface area contributed by atoms with E-state index in [0.29, 0.717) is 0 Å². The van der Waals surface area contributed by atoms with Crippen LogP contribution in [0.15, 0.2) is 35.7 Å². The number of benzene rings is 1. The summed E-state index contributed by atoms with van der Waals surface area (Å²) in [5, 5.41) is 2.12. The Morgan fingerprint density at radius 2 is 2.06 bits per heavy atom. The van der Waals surface area contributed by atoms with Crippen molar-refractivity contribution in [2.75, 3.05) is 7.11 Å². The topological polar surface area (TPSA) is 9.23 Å². The van der Waals surface area contributed by atoms with Crippen LogP contribution in [-0.2, 0) is 6.42 Å². The first-order chi connectivity index (χ1) is 8.36. The van der Waals surface area contributed by atoms with Crippen molar-refractivity contribution in [2.45, 2.75) is 26.2 Å². The summed E-state index contributed by atoms with van der Waals surface area (Å²) in [4.78, 5) is 1.30. The van der Waals surface area contributed by atoms with Crippen LogP contribution in [0.2, 0.25) is 0 Å². The number of methoxy groups -OCH3 is 1. The number of hydrogen-bond acceptors (Lipinski definition) is 2. The largest absolute Gasteiger partial charge is 0.496 e. The Morgan fingerprint density at radius 3 is 2.71 bits per heavy atom. The number of ether oxygens (including phenoxy) is 1. The monoisotopic (exact) mass is 246 g/mol. The molecule has 0 aliphatic heterocycles. The van der Waals surface area contributed by atoms with Gasteiger partial charge >= 0.3 is 0 Å². The molecule has 2 heteroatoms. The Kier molecular flexibility index (Phi) is 4.21. The summed E-state index contributed by atoms with van der Waals surface area (Å²) in [6.07, 6.45) is 3.58. The molecule has 90 valence electrons. The zero-order valence-corrected chi connectivity index (χ0v) is 11.2. The maximum Gasteiger partial charge on any atom is 0.127 e. The van der Waals surface area contributed by atoms with Crippen LogP contribution in [0.3, 0.4) is 0 Å². The molecule has 1 aromatic carbocycles. The van der Waals surface area contributed by atoms with Crippen LogP contribution < -0.4 is 4.74 Å². The second-order valence-electron chi connectivity index (χ2n) is 4.08. The van der Waals surface area contributed by atoms with Crippen molar-refractivity contribution in [2.24, 2.45) is 0 Å². The van der Waals surface area contributed by atoms with Gasteiger partial charge in [-0.05, 0) is 35.9 Å². The van der Waals surface area contributed by atoms with Gasteiger partial charge in [0.1, 0.15) is 5.75 Å². The molecule has 0 atom stereocenters. The highest BCUT2D eigenvalue weighted by atomic mass is 32.1. The van der Waals surface area contributed by atoms with Crippen LogP contribution in [0.5, 0.6) is 5.75 Å². The van der Waals surface area contributed by atoms with Crippen LogP contribution in [0, 0.1) is 0 Å². The number of hydrogen-bond donors (Lipinski definition) is 0. The standard InChI is InChI=1S/C15H18OS/c1-3-4-7-12-8-5-9-13(16-2)15(12)14-10-6-11-17-14/h5-6,8-11H,3-4,7H2,1-2H3. The Morgan fingerprint density at radius 1 is 1.18 bits per heavy atom. The summed E-state index contributed by atoms with van der Waals surface area (Å²) in [5.41, 5.74) is 2.67. The molecular weight excluding hydrogens is 228 g/mol. The predicted molar refractivity (Wildman–Crippen MR) is 74.9 cm³/mol. The molecule has 0 N–H and O–H groups in total. The number of unbranched alkanes of at least 4 members (excludes halogenated alkanes) is 1. The lowest BCUT2D eigenvalue weighted by Crippen LogP contribution is -1.93. The Bertz CT molecular complexity index is 460. The predicted octanol–water partition coefficient (Wildman–Crippen LogP) is 4.77. The third-order valence-corrected chi connectivity index (χ3v) is 3.79. The van der Waals surface area contributed by atoms with E-state index in [1.165, 1.54) is 28.8 Å². The highest BCUT2D eigenvalue weighted by Crippen LogP contribution is 2.36. The fourth-order valence-corrected chi connectivity index (χ4v) is 2.83. The first-order valence-electron chi connectivity index (χ1n) is 6.06. The van der Waals surface area contributed by atoms with Crippen molar-refractivity contribution in [3.63, 3.8) is 0 Å². The summed E-state index contributed by atoms with van der Waals surface area (Å²) in [6.45, 7) is 2.23. The average molecular weight is 246 g/mol. The molecule has 17 heavy (non-hydrogen) atoms. The summed E-state index contributed by atoms with van der Waals surface area (Å²) in [5.74, 6) is 0.987. The molecule has 0 radical (unpaired) electrons. The molecule has 0 saturated heterocycles. The molecule has 0 amide bonds. The average Bonchev–Trinajstić information content (AvgIpc) is 2.89. The maximum absolute atomic E-state index is 5.50. The van der Waals surface area contributed by atoms with Gasteiger partial charge in [-0.2, -0.15) is 0 Å². The van der Waals surface area contributed by atoms with E-state index in [1.54, 1.807) is 18.4 Å². The Balaban J connectivity index is 2.44. The van der Waals surface area contributed by atoms with Gasteiger partial charge in [0.05, 0.1) is 7.11 Å². The zero-order chi connectivity index (χ0) is 12.1. The van der Waals surface area contributed by atoms with Gasteiger partial charge in [0.2, 0.25) is 0 Å². The normalized spacial score (nSPS) is 10.5. The molecule has 0 aliphatic rings. The highest BCUT2D eigenvalue weighted by Gasteiger charge is 2.11. The fraction of sp³-hybridized carbons (Fsp3) is 0.333. The quantitative estimate of drug-likeness (QED) is 0.738. The van der Waals surface area contributed by atoms with Crippen molar-refractivity contribution < 1.29 is 4.74 Å². The van der Waals surface area contributed by atoms with Gasteiger partial charge in [0, 0.05) is 10.4 Å². The molecular formula is C15H18OS. The Labute approximate surface area is 107 Å². The maximum atomic E-state index is 5.50. The van der Waals surface area contributed by atoms with Gasteiger partial charge in [-0.1, -0.05) is 31.5 Å². The van der Waals surface area contributed by atoms with E-state index in [4.69, 9.17) is 4.74 Å². The van der Waals surface area contributed by atoms with Gasteiger partial charge in [-0.15, -0.1) is 11.3 Å². The summed E-state index contributed by atoms with van der Waals surface area (Å²) < 4.78 is 5.50. The van der Waals surface area contributed by atoms with Gasteiger partial charge < -0.3 is 4.74 Å². The minimum atomic E-state index is 0.987.